The molecule has 2 aromatic carbocycles. The fraction of sp³-hybridized carbons (Fsp3) is 0.348. The lowest BCUT2D eigenvalue weighted by Gasteiger charge is -2.32. The minimum Gasteiger partial charge on any atom is -0.307 e. The Morgan fingerprint density at radius 2 is 1.57 bits per heavy atom. The lowest BCUT2D eigenvalue weighted by Crippen LogP contribution is -2.53. The smallest absolute Gasteiger partial charge is 0.262 e. The van der Waals surface area contributed by atoms with Crippen molar-refractivity contribution < 1.29 is 14.4 Å². The van der Waals surface area contributed by atoms with Crippen LogP contribution >= 0.6 is 0 Å². The second kappa shape index (κ2) is 6.89. The quantitative estimate of drug-likeness (QED) is 0.765. The van der Waals surface area contributed by atoms with Gasteiger partial charge in [0.1, 0.15) is 6.04 Å². The normalized spacial score (nSPS) is 19.2. The highest BCUT2D eigenvalue weighted by atomic mass is 16.2. The van der Waals surface area contributed by atoms with Crippen LogP contribution < -0.4 is 4.90 Å². The summed E-state index contributed by atoms with van der Waals surface area (Å²) < 4.78 is 0. The fourth-order valence-electron chi connectivity index (χ4n) is 4.32. The molecule has 2 atom stereocenters. The maximum atomic E-state index is 13.7. The van der Waals surface area contributed by atoms with E-state index in [2.05, 4.69) is 0 Å². The second-order valence-electron chi connectivity index (χ2n) is 8.06. The van der Waals surface area contributed by atoms with Crippen molar-refractivity contribution in [2.75, 3.05) is 4.90 Å². The summed E-state index contributed by atoms with van der Waals surface area (Å²) in [5, 5.41) is 0. The minimum atomic E-state index is -0.805. The van der Waals surface area contributed by atoms with Gasteiger partial charge in [-0.3, -0.25) is 19.3 Å². The predicted octanol–water partition coefficient (Wildman–Crippen LogP) is 3.68. The van der Waals surface area contributed by atoms with Crippen molar-refractivity contribution in [3.63, 3.8) is 0 Å². The molecule has 0 fully saturated rings. The molecule has 0 N–H and O–H groups in total. The highest BCUT2D eigenvalue weighted by molar-refractivity contribution is 6.23. The van der Waals surface area contributed by atoms with E-state index in [1.54, 1.807) is 29.2 Å². The summed E-state index contributed by atoms with van der Waals surface area (Å²) in [5.41, 5.74) is 2.76. The Morgan fingerprint density at radius 1 is 1.00 bits per heavy atom. The van der Waals surface area contributed by atoms with Crippen molar-refractivity contribution in [1.82, 2.24) is 4.90 Å². The van der Waals surface area contributed by atoms with Crippen LogP contribution in [0.15, 0.2) is 48.5 Å². The van der Waals surface area contributed by atoms with Crippen molar-refractivity contribution >= 4 is 23.4 Å². The molecule has 144 valence electrons. The molecule has 0 spiro atoms. The summed E-state index contributed by atoms with van der Waals surface area (Å²) in [5.74, 6) is -0.772. The van der Waals surface area contributed by atoms with Gasteiger partial charge in [-0.15, -0.1) is 0 Å². The summed E-state index contributed by atoms with van der Waals surface area (Å²) in [4.78, 5) is 42.6. The van der Waals surface area contributed by atoms with Gasteiger partial charge < -0.3 is 4.90 Å². The number of nitrogens with zero attached hydrogens (tertiary/aromatic N) is 2. The Hall–Kier alpha value is -2.95. The molecule has 5 heteroatoms. The molecule has 2 heterocycles. The molecular formula is C23H24N2O3. The Kier molecular flexibility index (Phi) is 4.53. The van der Waals surface area contributed by atoms with Crippen LogP contribution in [0, 0.1) is 5.92 Å². The van der Waals surface area contributed by atoms with E-state index in [1.807, 2.05) is 45.0 Å². The molecular weight excluding hydrogens is 352 g/mol. The molecule has 2 aliphatic heterocycles. The Bertz CT molecular complexity index is 931. The number of fused-ring (bicyclic) bond motifs is 2. The molecule has 3 amide bonds. The van der Waals surface area contributed by atoms with Crippen LogP contribution in [0.2, 0.25) is 0 Å². The van der Waals surface area contributed by atoms with E-state index in [9.17, 15) is 14.4 Å². The summed E-state index contributed by atoms with van der Waals surface area (Å²) in [6, 6.07) is 13.8. The molecule has 0 radical (unpaired) electrons. The largest absolute Gasteiger partial charge is 0.307 e. The molecule has 2 unspecified atom stereocenters. The first-order valence-corrected chi connectivity index (χ1v) is 9.78. The Morgan fingerprint density at radius 3 is 2.18 bits per heavy atom. The van der Waals surface area contributed by atoms with Gasteiger partial charge in [0, 0.05) is 11.7 Å². The van der Waals surface area contributed by atoms with E-state index in [-0.39, 0.29) is 29.7 Å². The number of para-hydroxylation sites is 1. The van der Waals surface area contributed by atoms with Gasteiger partial charge in [0.2, 0.25) is 0 Å². The van der Waals surface area contributed by atoms with Crippen LogP contribution in [-0.4, -0.2) is 34.7 Å². The maximum Gasteiger partial charge on any atom is 0.262 e. The number of benzene rings is 2. The Balaban J connectivity index is 1.73. The predicted molar refractivity (Wildman–Crippen MR) is 107 cm³/mol. The van der Waals surface area contributed by atoms with Crippen LogP contribution in [0.3, 0.4) is 0 Å². The number of hydrogen-bond acceptors (Lipinski definition) is 3. The third kappa shape index (κ3) is 2.82. The van der Waals surface area contributed by atoms with Gasteiger partial charge in [-0.1, -0.05) is 44.2 Å². The van der Waals surface area contributed by atoms with Crippen molar-refractivity contribution in [2.45, 2.75) is 45.7 Å². The highest BCUT2D eigenvalue weighted by Crippen LogP contribution is 2.35. The van der Waals surface area contributed by atoms with Crippen molar-refractivity contribution in [1.29, 1.82) is 0 Å². The van der Waals surface area contributed by atoms with Gasteiger partial charge in [-0.2, -0.15) is 0 Å². The number of carbonyl (C=O) groups excluding carboxylic acids is 3. The number of amides is 3. The van der Waals surface area contributed by atoms with Crippen LogP contribution in [0.4, 0.5) is 5.69 Å². The molecule has 0 saturated carbocycles. The van der Waals surface area contributed by atoms with Gasteiger partial charge in [0.25, 0.3) is 17.7 Å². The lowest BCUT2D eigenvalue weighted by atomic mass is 10.0. The first kappa shape index (κ1) is 18.4. The van der Waals surface area contributed by atoms with Gasteiger partial charge >= 0.3 is 0 Å². The van der Waals surface area contributed by atoms with Crippen LogP contribution in [0.1, 0.15) is 53.5 Å². The average molecular weight is 376 g/mol. The van der Waals surface area contributed by atoms with Gasteiger partial charge in [-0.25, -0.2) is 0 Å². The van der Waals surface area contributed by atoms with Crippen molar-refractivity contribution in [2.24, 2.45) is 5.92 Å². The van der Waals surface area contributed by atoms with Gasteiger partial charge in [0.15, 0.2) is 0 Å². The topological polar surface area (TPSA) is 57.7 Å². The van der Waals surface area contributed by atoms with E-state index in [1.165, 1.54) is 4.90 Å². The minimum absolute atomic E-state index is 0.00487. The number of imide groups is 1. The van der Waals surface area contributed by atoms with E-state index >= 15 is 0 Å². The van der Waals surface area contributed by atoms with E-state index < -0.39 is 6.04 Å². The number of hydrogen-bond donors (Lipinski definition) is 0. The van der Waals surface area contributed by atoms with Crippen molar-refractivity contribution in [3.8, 4) is 0 Å². The molecule has 4 rings (SSSR count). The van der Waals surface area contributed by atoms with Gasteiger partial charge in [0.05, 0.1) is 11.1 Å². The monoisotopic (exact) mass is 376 g/mol. The van der Waals surface area contributed by atoms with Crippen LogP contribution in [-0.2, 0) is 11.2 Å². The van der Waals surface area contributed by atoms with Crippen LogP contribution in [0.5, 0.6) is 0 Å². The third-order valence-corrected chi connectivity index (χ3v) is 5.56. The number of carbonyl (C=O) groups is 3. The molecule has 0 aliphatic carbocycles. The SMILES string of the molecule is CC(C)CC(C(=O)N1c2ccccc2CC1C)N1C(=O)c2ccccc2C1=O. The van der Waals surface area contributed by atoms with Crippen LogP contribution in [0.25, 0.3) is 0 Å². The number of anilines is 1. The zero-order valence-electron chi connectivity index (χ0n) is 16.4. The van der Waals surface area contributed by atoms with E-state index in [0.717, 1.165) is 17.7 Å². The maximum absolute atomic E-state index is 13.7. The molecule has 2 aliphatic rings. The standard InChI is InChI=1S/C23H24N2O3/c1-14(2)12-20(25-21(26)17-9-5-6-10-18(17)22(25)27)23(28)24-15(3)13-16-8-4-7-11-19(16)24/h4-11,14-15,20H,12-13H2,1-3H3. The zero-order valence-corrected chi connectivity index (χ0v) is 16.4. The third-order valence-electron chi connectivity index (χ3n) is 5.56. The molecule has 0 bridgehead atoms. The van der Waals surface area contributed by atoms with Gasteiger partial charge in [-0.05, 0) is 49.4 Å². The first-order chi connectivity index (χ1) is 13.4. The lowest BCUT2D eigenvalue weighted by molar-refractivity contribution is -0.123. The summed E-state index contributed by atoms with van der Waals surface area (Å²) in [6.07, 6.45) is 1.22. The molecule has 5 nitrogen and oxygen atoms in total. The fourth-order valence-corrected chi connectivity index (χ4v) is 4.32. The highest BCUT2D eigenvalue weighted by Gasteiger charge is 2.45. The van der Waals surface area contributed by atoms with Crippen molar-refractivity contribution in [3.05, 3.63) is 65.2 Å². The zero-order chi connectivity index (χ0) is 20.0. The average Bonchev–Trinajstić information content (AvgIpc) is 3.13. The molecule has 0 aromatic heterocycles. The molecule has 28 heavy (non-hydrogen) atoms. The summed E-state index contributed by atoms with van der Waals surface area (Å²) in [7, 11) is 0. The summed E-state index contributed by atoms with van der Waals surface area (Å²) >= 11 is 0. The molecule has 2 aromatic rings. The number of rotatable bonds is 4. The first-order valence-electron chi connectivity index (χ1n) is 9.78. The second-order valence-corrected chi connectivity index (χ2v) is 8.06. The van der Waals surface area contributed by atoms with E-state index in [0.29, 0.717) is 17.5 Å². The Labute approximate surface area is 164 Å². The molecule has 0 saturated heterocycles. The summed E-state index contributed by atoms with van der Waals surface area (Å²) in [6.45, 7) is 6.01. The van der Waals surface area contributed by atoms with E-state index in [4.69, 9.17) is 0 Å².